The third-order valence-electron chi connectivity index (χ3n) is 3.13. The fraction of sp³-hybridized carbons (Fsp3) is 0.133. The summed E-state index contributed by atoms with van der Waals surface area (Å²) in [5.41, 5.74) is 7.20. The molecule has 0 aliphatic carbocycles. The molecule has 2 rings (SSSR count). The number of hydrogen-bond donors (Lipinski definition) is 1. The van der Waals surface area contributed by atoms with Gasteiger partial charge in [0.1, 0.15) is 5.69 Å². The Morgan fingerprint density at radius 1 is 1.10 bits per heavy atom. The van der Waals surface area contributed by atoms with E-state index in [1.807, 2.05) is 31.1 Å². The van der Waals surface area contributed by atoms with E-state index < -0.39 is 4.92 Å². The van der Waals surface area contributed by atoms with Crippen LogP contribution in [0.5, 0.6) is 0 Å². The van der Waals surface area contributed by atoms with Gasteiger partial charge in [-0.2, -0.15) is 0 Å². The number of hydrogen-bond acceptors (Lipinski definition) is 5. The van der Waals surface area contributed by atoms with Crippen molar-refractivity contribution in [3.8, 4) is 0 Å². The van der Waals surface area contributed by atoms with Crippen molar-refractivity contribution in [1.29, 1.82) is 0 Å². The average Bonchev–Trinajstić information content (AvgIpc) is 2.46. The molecule has 0 fully saturated rings. The van der Waals surface area contributed by atoms with Crippen LogP contribution >= 0.6 is 0 Å². The number of anilines is 2. The first-order chi connectivity index (χ1) is 9.90. The maximum Gasteiger partial charge on any atom is 0.292 e. The smallest absolute Gasteiger partial charge is 0.292 e. The summed E-state index contributed by atoms with van der Waals surface area (Å²) in [5, 5.41) is 10.7. The summed E-state index contributed by atoms with van der Waals surface area (Å²) in [6, 6.07) is 11.1. The van der Waals surface area contributed by atoms with Gasteiger partial charge >= 0.3 is 0 Å². The molecule has 0 aromatic heterocycles. The van der Waals surface area contributed by atoms with E-state index in [2.05, 4.69) is 0 Å². The lowest BCUT2D eigenvalue weighted by Gasteiger charge is -2.12. The fourth-order valence-corrected chi connectivity index (χ4v) is 1.94. The molecule has 0 radical (unpaired) electrons. The van der Waals surface area contributed by atoms with E-state index in [0.717, 1.165) is 5.69 Å². The molecule has 0 unspecified atom stereocenters. The van der Waals surface area contributed by atoms with Crippen LogP contribution in [0.3, 0.4) is 0 Å². The molecule has 0 aliphatic heterocycles. The standard InChI is InChI=1S/C15H15N3O3/c1-17(2)12-6-3-10(4-7-12)15(19)11-5-8-14(18(20)21)13(16)9-11/h3-9H,16H2,1-2H3. The first-order valence-electron chi connectivity index (χ1n) is 6.26. The van der Waals surface area contributed by atoms with Gasteiger partial charge in [-0.15, -0.1) is 0 Å². The molecule has 0 spiro atoms. The van der Waals surface area contributed by atoms with Gasteiger partial charge in [-0.25, -0.2) is 0 Å². The van der Waals surface area contributed by atoms with Crippen molar-refractivity contribution in [3.05, 3.63) is 63.7 Å². The highest BCUT2D eigenvalue weighted by molar-refractivity contribution is 6.09. The fourth-order valence-electron chi connectivity index (χ4n) is 1.94. The number of nitrogens with zero attached hydrogens (tertiary/aromatic N) is 2. The molecule has 2 aromatic carbocycles. The molecule has 6 nitrogen and oxygen atoms in total. The molecule has 2 N–H and O–H groups in total. The lowest BCUT2D eigenvalue weighted by atomic mass is 10.0. The number of rotatable bonds is 4. The number of carbonyl (C=O) groups is 1. The predicted molar refractivity (Wildman–Crippen MR) is 81.7 cm³/mol. The van der Waals surface area contributed by atoms with Crippen LogP contribution in [0.25, 0.3) is 0 Å². The van der Waals surface area contributed by atoms with E-state index in [0.29, 0.717) is 11.1 Å². The molecule has 6 heteroatoms. The van der Waals surface area contributed by atoms with Crippen LogP contribution in [0.4, 0.5) is 17.1 Å². The lowest BCUT2D eigenvalue weighted by Crippen LogP contribution is -2.09. The van der Waals surface area contributed by atoms with Gasteiger partial charge < -0.3 is 10.6 Å². The SMILES string of the molecule is CN(C)c1ccc(C(=O)c2ccc([N+](=O)[O-])c(N)c2)cc1. The Morgan fingerprint density at radius 2 is 1.67 bits per heavy atom. The van der Waals surface area contributed by atoms with Crippen molar-refractivity contribution >= 4 is 22.8 Å². The number of nitrogen functional groups attached to an aromatic ring is 1. The van der Waals surface area contributed by atoms with Gasteiger partial charge in [-0.05, 0) is 36.4 Å². The minimum atomic E-state index is -0.574. The maximum atomic E-state index is 12.3. The maximum absolute atomic E-state index is 12.3. The largest absolute Gasteiger partial charge is 0.393 e. The van der Waals surface area contributed by atoms with Gasteiger partial charge in [0.25, 0.3) is 5.69 Å². The zero-order chi connectivity index (χ0) is 15.6. The molecule has 108 valence electrons. The van der Waals surface area contributed by atoms with Crippen molar-refractivity contribution in [1.82, 2.24) is 0 Å². The number of carbonyl (C=O) groups excluding carboxylic acids is 1. The van der Waals surface area contributed by atoms with Crippen LogP contribution in [0, 0.1) is 10.1 Å². The molecule has 0 aliphatic rings. The van der Waals surface area contributed by atoms with Gasteiger partial charge in [0.2, 0.25) is 0 Å². The van der Waals surface area contributed by atoms with Gasteiger partial charge in [-0.1, -0.05) is 0 Å². The Labute approximate surface area is 121 Å². The van der Waals surface area contributed by atoms with Crippen LogP contribution in [0.15, 0.2) is 42.5 Å². The Kier molecular flexibility index (Phi) is 3.89. The van der Waals surface area contributed by atoms with E-state index in [1.54, 1.807) is 12.1 Å². The second-order valence-electron chi connectivity index (χ2n) is 4.80. The predicted octanol–water partition coefficient (Wildman–Crippen LogP) is 2.47. The summed E-state index contributed by atoms with van der Waals surface area (Å²) in [7, 11) is 3.82. The number of nitro groups is 1. The summed E-state index contributed by atoms with van der Waals surface area (Å²) < 4.78 is 0. The zero-order valence-electron chi connectivity index (χ0n) is 11.7. The summed E-state index contributed by atoms with van der Waals surface area (Å²) in [6.45, 7) is 0. The molecule has 2 aromatic rings. The van der Waals surface area contributed by atoms with Crippen LogP contribution in [0.1, 0.15) is 15.9 Å². The zero-order valence-corrected chi connectivity index (χ0v) is 11.7. The third-order valence-corrected chi connectivity index (χ3v) is 3.13. The second-order valence-corrected chi connectivity index (χ2v) is 4.80. The third kappa shape index (κ3) is 3.00. The van der Waals surface area contributed by atoms with Crippen molar-refractivity contribution in [2.75, 3.05) is 24.7 Å². The van der Waals surface area contributed by atoms with E-state index in [-0.39, 0.29) is 17.2 Å². The lowest BCUT2D eigenvalue weighted by molar-refractivity contribution is -0.383. The van der Waals surface area contributed by atoms with E-state index in [4.69, 9.17) is 5.73 Å². The topological polar surface area (TPSA) is 89.5 Å². The van der Waals surface area contributed by atoms with E-state index >= 15 is 0 Å². The molecule has 0 amide bonds. The molecule has 0 atom stereocenters. The normalized spacial score (nSPS) is 10.2. The minimum absolute atomic E-state index is 0.0178. The van der Waals surface area contributed by atoms with Gasteiger partial charge in [0, 0.05) is 37.0 Å². The highest BCUT2D eigenvalue weighted by atomic mass is 16.6. The highest BCUT2D eigenvalue weighted by Gasteiger charge is 2.15. The minimum Gasteiger partial charge on any atom is -0.393 e. The first-order valence-corrected chi connectivity index (χ1v) is 6.26. The molecule has 0 heterocycles. The Morgan fingerprint density at radius 3 is 2.14 bits per heavy atom. The van der Waals surface area contributed by atoms with E-state index in [9.17, 15) is 14.9 Å². The first kappa shape index (κ1) is 14.5. The molecule has 0 bridgehead atoms. The van der Waals surface area contributed by atoms with Crippen LogP contribution < -0.4 is 10.6 Å². The molecule has 0 saturated heterocycles. The molecular formula is C15H15N3O3. The molecule has 0 saturated carbocycles. The van der Waals surface area contributed by atoms with Gasteiger partial charge in [0.15, 0.2) is 5.78 Å². The van der Waals surface area contributed by atoms with Crippen molar-refractivity contribution in [2.24, 2.45) is 0 Å². The molecule has 21 heavy (non-hydrogen) atoms. The molecular weight excluding hydrogens is 270 g/mol. The Bertz CT molecular complexity index is 694. The summed E-state index contributed by atoms with van der Waals surface area (Å²) in [6.07, 6.45) is 0. The van der Waals surface area contributed by atoms with Crippen molar-refractivity contribution in [2.45, 2.75) is 0 Å². The number of nitro benzene ring substituents is 1. The Hall–Kier alpha value is -2.89. The number of nitrogens with two attached hydrogens (primary N) is 1. The average molecular weight is 285 g/mol. The summed E-state index contributed by atoms with van der Waals surface area (Å²) in [4.78, 5) is 24.4. The van der Waals surface area contributed by atoms with E-state index in [1.165, 1.54) is 18.2 Å². The van der Waals surface area contributed by atoms with Gasteiger partial charge in [-0.3, -0.25) is 14.9 Å². The van der Waals surface area contributed by atoms with Crippen LogP contribution in [-0.2, 0) is 0 Å². The van der Waals surface area contributed by atoms with Gasteiger partial charge in [0.05, 0.1) is 4.92 Å². The summed E-state index contributed by atoms with van der Waals surface area (Å²) in [5.74, 6) is -0.220. The second kappa shape index (κ2) is 5.62. The van der Waals surface area contributed by atoms with Crippen LogP contribution in [-0.4, -0.2) is 24.8 Å². The summed E-state index contributed by atoms with van der Waals surface area (Å²) >= 11 is 0. The van der Waals surface area contributed by atoms with Crippen molar-refractivity contribution < 1.29 is 9.72 Å². The monoisotopic (exact) mass is 285 g/mol. The Balaban J connectivity index is 2.31. The highest BCUT2D eigenvalue weighted by Crippen LogP contribution is 2.24. The quantitative estimate of drug-likeness (QED) is 0.403. The number of ketones is 1. The number of benzene rings is 2. The van der Waals surface area contributed by atoms with Crippen LogP contribution in [0.2, 0.25) is 0 Å². The van der Waals surface area contributed by atoms with Crippen molar-refractivity contribution in [3.63, 3.8) is 0 Å².